The van der Waals surface area contributed by atoms with Gasteiger partial charge in [-0.05, 0) is 25.7 Å². The second-order valence-corrected chi connectivity index (χ2v) is 5.86. The highest BCUT2D eigenvalue weighted by molar-refractivity contribution is 5.98. The summed E-state index contributed by atoms with van der Waals surface area (Å²) in [6, 6.07) is 0.218. The number of nitrogens with zero attached hydrogens (tertiary/aromatic N) is 1. The van der Waals surface area contributed by atoms with Crippen LogP contribution in [0.25, 0.3) is 0 Å². The van der Waals surface area contributed by atoms with E-state index in [9.17, 15) is 9.59 Å². The van der Waals surface area contributed by atoms with E-state index in [1.165, 1.54) is 0 Å². The van der Waals surface area contributed by atoms with Crippen molar-refractivity contribution in [3.8, 4) is 0 Å². The maximum Gasteiger partial charge on any atom is 0.249 e. The average molecular weight is 282 g/mol. The van der Waals surface area contributed by atoms with Crippen molar-refractivity contribution in [3.63, 3.8) is 0 Å². The average Bonchev–Trinajstić information content (AvgIpc) is 2.45. The zero-order valence-electron chi connectivity index (χ0n) is 13.5. The number of amides is 2. The van der Waals surface area contributed by atoms with E-state index in [1.54, 1.807) is 0 Å². The Balaban J connectivity index is 2.94. The lowest BCUT2D eigenvalue weighted by Crippen LogP contribution is -2.67. The SMILES string of the molecule is CCCCC(CCC)N1CC(=O)NC(CC)(CC)C1=O. The molecular weight excluding hydrogens is 252 g/mol. The largest absolute Gasteiger partial charge is 0.340 e. The zero-order chi connectivity index (χ0) is 15.2. The second-order valence-electron chi connectivity index (χ2n) is 5.86. The molecule has 20 heavy (non-hydrogen) atoms. The van der Waals surface area contributed by atoms with Crippen LogP contribution in [-0.4, -0.2) is 34.8 Å². The fraction of sp³-hybridized carbons (Fsp3) is 0.875. The number of rotatable bonds is 8. The first-order chi connectivity index (χ1) is 9.54. The van der Waals surface area contributed by atoms with Gasteiger partial charge < -0.3 is 10.2 Å². The molecule has 1 unspecified atom stereocenters. The third-order valence-corrected chi connectivity index (χ3v) is 4.52. The zero-order valence-corrected chi connectivity index (χ0v) is 13.5. The molecule has 0 spiro atoms. The number of nitrogens with one attached hydrogen (secondary N) is 1. The van der Waals surface area contributed by atoms with E-state index in [0.29, 0.717) is 12.8 Å². The molecule has 0 bridgehead atoms. The van der Waals surface area contributed by atoms with Gasteiger partial charge in [0.2, 0.25) is 11.8 Å². The molecule has 4 heteroatoms. The molecule has 0 radical (unpaired) electrons. The molecular formula is C16H30N2O2. The molecule has 4 nitrogen and oxygen atoms in total. The predicted octanol–water partition coefficient (Wildman–Crippen LogP) is 2.86. The predicted molar refractivity (Wildman–Crippen MR) is 81.4 cm³/mol. The molecule has 0 aliphatic carbocycles. The smallest absolute Gasteiger partial charge is 0.249 e. The van der Waals surface area contributed by atoms with Crippen LogP contribution < -0.4 is 5.32 Å². The van der Waals surface area contributed by atoms with Crippen molar-refractivity contribution in [1.29, 1.82) is 0 Å². The van der Waals surface area contributed by atoms with Gasteiger partial charge in [-0.25, -0.2) is 0 Å². The Morgan fingerprint density at radius 2 is 1.75 bits per heavy atom. The molecule has 0 saturated carbocycles. The summed E-state index contributed by atoms with van der Waals surface area (Å²) in [6.45, 7) is 8.49. The first-order valence-electron chi connectivity index (χ1n) is 8.16. The van der Waals surface area contributed by atoms with E-state index in [-0.39, 0.29) is 24.4 Å². The van der Waals surface area contributed by atoms with Crippen LogP contribution in [0.5, 0.6) is 0 Å². The monoisotopic (exact) mass is 282 g/mol. The van der Waals surface area contributed by atoms with Gasteiger partial charge in [-0.3, -0.25) is 9.59 Å². The normalized spacial score (nSPS) is 19.9. The van der Waals surface area contributed by atoms with Gasteiger partial charge in [-0.2, -0.15) is 0 Å². The maximum atomic E-state index is 12.8. The van der Waals surface area contributed by atoms with Crippen molar-refractivity contribution in [2.24, 2.45) is 0 Å². The van der Waals surface area contributed by atoms with Crippen molar-refractivity contribution < 1.29 is 9.59 Å². The van der Waals surface area contributed by atoms with Crippen molar-refractivity contribution >= 4 is 11.8 Å². The van der Waals surface area contributed by atoms with Crippen LogP contribution in [0.3, 0.4) is 0 Å². The molecule has 1 atom stereocenters. The lowest BCUT2D eigenvalue weighted by molar-refractivity contribution is -0.153. The van der Waals surface area contributed by atoms with Crippen LogP contribution in [0.15, 0.2) is 0 Å². The Bertz CT molecular complexity index is 337. The Kier molecular flexibility index (Phi) is 6.50. The molecule has 0 aromatic carbocycles. The van der Waals surface area contributed by atoms with Crippen molar-refractivity contribution in [1.82, 2.24) is 10.2 Å². The molecule has 0 aromatic heterocycles. The van der Waals surface area contributed by atoms with Gasteiger partial charge in [0.25, 0.3) is 0 Å². The first kappa shape index (κ1) is 17.0. The summed E-state index contributed by atoms with van der Waals surface area (Å²) in [5.74, 6) is 0.113. The molecule has 1 aliphatic heterocycles. The third-order valence-electron chi connectivity index (χ3n) is 4.52. The summed E-state index contributed by atoms with van der Waals surface area (Å²) in [6.07, 6.45) is 6.61. The molecule has 1 aliphatic rings. The van der Waals surface area contributed by atoms with E-state index in [4.69, 9.17) is 0 Å². The number of hydrogen-bond donors (Lipinski definition) is 1. The lowest BCUT2D eigenvalue weighted by Gasteiger charge is -2.44. The minimum atomic E-state index is -0.673. The van der Waals surface area contributed by atoms with E-state index >= 15 is 0 Å². The van der Waals surface area contributed by atoms with E-state index < -0.39 is 5.54 Å². The van der Waals surface area contributed by atoms with Gasteiger partial charge in [-0.15, -0.1) is 0 Å². The minimum Gasteiger partial charge on any atom is -0.340 e. The maximum absolute atomic E-state index is 12.8. The molecule has 116 valence electrons. The van der Waals surface area contributed by atoms with E-state index in [1.807, 2.05) is 18.7 Å². The van der Waals surface area contributed by atoms with Crippen molar-refractivity contribution in [3.05, 3.63) is 0 Å². The highest BCUT2D eigenvalue weighted by atomic mass is 16.2. The summed E-state index contributed by atoms with van der Waals surface area (Å²) >= 11 is 0. The Morgan fingerprint density at radius 1 is 1.10 bits per heavy atom. The standard InChI is InChI=1S/C16H30N2O2/c1-5-9-11-13(10-6-2)18-12-14(19)17-16(7-3,8-4)15(18)20/h13H,5-12H2,1-4H3,(H,17,19). The van der Waals surface area contributed by atoms with Crippen LogP contribution in [0, 0.1) is 0 Å². The fourth-order valence-corrected chi connectivity index (χ4v) is 3.11. The van der Waals surface area contributed by atoms with Gasteiger partial charge >= 0.3 is 0 Å². The van der Waals surface area contributed by atoms with Gasteiger partial charge in [0.1, 0.15) is 5.54 Å². The van der Waals surface area contributed by atoms with E-state index in [0.717, 1.165) is 32.1 Å². The van der Waals surface area contributed by atoms with Gasteiger partial charge in [0.15, 0.2) is 0 Å². The Morgan fingerprint density at radius 3 is 2.25 bits per heavy atom. The molecule has 2 amide bonds. The van der Waals surface area contributed by atoms with Crippen molar-refractivity contribution in [2.45, 2.75) is 84.2 Å². The number of unbranched alkanes of at least 4 members (excludes halogenated alkanes) is 1. The first-order valence-corrected chi connectivity index (χ1v) is 8.16. The highest BCUT2D eigenvalue weighted by Gasteiger charge is 2.45. The Hall–Kier alpha value is -1.06. The van der Waals surface area contributed by atoms with Crippen molar-refractivity contribution in [2.75, 3.05) is 6.54 Å². The van der Waals surface area contributed by atoms with Gasteiger partial charge in [0, 0.05) is 6.04 Å². The van der Waals surface area contributed by atoms with Gasteiger partial charge in [0.05, 0.1) is 6.54 Å². The van der Waals surface area contributed by atoms with E-state index in [2.05, 4.69) is 19.2 Å². The second kappa shape index (κ2) is 7.65. The molecule has 1 heterocycles. The topological polar surface area (TPSA) is 49.4 Å². The molecule has 1 fully saturated rings. The molecule has 0 aromatic rings. The van der Waals surface area contributed by atoms with Crippen LogP contribution in [0.1, 0.15) is 72.6 Å². The minimum absolute atomic E-state index is 0.00842. The van der Waals surface area contributed by atoms with Crippen LogP contribution >= 0.6 is 0 Å². The summed E-state index contributed by atoms with van der Waals surface area (Å²) in [5.41, 5.74) is -0.673. The van der Waals surface area contributed by atoms with Crippen LogP contribution in [-0.2, 0) is 9.59 Å². The van der Waals surface area contributed by atoms with Crippen LogP contribution in [0.2, 0.25) is 0 Å². The summed E-state index contributed by atoms with van der Waals surface area (Å²) in [7, 11) is 0. The lowest BCUT2D eigenvalue weighted by atomic mass is 9.87. The molecule has 1 saturated heterocycles. The number of carbonyl (C=O) groups is 2. The summed E-state index contributed by atoms with van der Waals surface area (Å²) < 4.78 is 0. The molecule has 1 N–H and O–H groups in total. The van der Waals surface area contributed by atoms with Gasteiger partial charge in [-0.1, -0.05) is 47.0 Å². The third kappa shape index (κ3) is 3.53. The fourth-order valence-electron chi connectivity index (χ4n) is 3.11. The summed E-state index contributed by atoms with van der Waals surface area (Å²) in [5, 5.41) is 2.93. The number of piperazine rings is 1. The Labute approximate surface area is 123 Å². The quantitative estimate of drug-likeness (QED) is 0.744. The number of hydrogen-bond acceptors (Lipinski definition) is 2. The number of carbonyl (C=O) groups excluding carboxylic acids is 2. The summed E-state index contributed by atoms with van der Waals surface area (Å²) in [4.78, 5) is 26.7. The highest BCUT2D eigenvalue weighted by Crippen LogP contribution is 2.26. The van der Waals surface area contributed by atoms with Crippen LogP contribution in [0.4, 0.5) is 0 Å². The molecule has 1 rings (SSSR count).